The maximum atomic E-state index is 12.2. The first-order valence-corrected chi connectivity index (χ1v) is 3.58. The van der Waals surface area contributed by atoms with Crippen molar-refractivity contribution in [3.05, 3.63) is 17.0 Å². The summed E-state index contributed by atoms with van der Waals surface area (Å²) in [7, 11) is 0. The highest BCUT2D eigenvalue weighted by atomic mass is 19.3. The summed E-state index contributed by atoms with van der Waals surface area (Å²) in [5, 5.41) is 13.1. The van der Waals surface area contributed by atoms with Crippen molar-refractivity contribution in [2.75, 3.05) is 0 Å². The van der Waals surface area contributed by atoms with Gasteiger partial charge in [-0.05, 0) is 0 Å². The Morgan fingerprint density at radius 2 is 1.93 bits per heavy atom. The topological polar surface area (TPSA) is 52.5 Å². The zero-order valence-electron chi connectivity index (χ0n) is 6.77. The van der Waals surface area contributed by atoms with Gasteiger partial charge in [-0.1, -0.05) is 0 Å². The fourth-order valence-corrected chi connectivity index (χ4v) is 1.02. The highest BCUT2D eigenvalue weighted by Gasteiger charge is 2.24. The monoisotopic (exact) mass is 207 g/mol. The number of aromatic nitrogens is 2. The van der Waals surface area contributed by atoms with E-state index in [0.717, 1.165) is 0 Å². The van der Waals surface area contributed by atoms with E-state index in [-0.39, 0.29) is 0 Å². The predicted molar refractivity (Wildman–Crippen MR) is 37.8 cm³/mol. The van der Waals surface area contributed by atoms with Gasteiger partial charge in [0.05, 0.1) is 12.5 Å². The standard InChI is InChI=1S/C7H5F4N3/c8-6(9)4-3(1-2-12)5(7(10)11)14-13-4/h6-7H,1H2,(H,13,14). The Balaban J connectivity index is 3.15. The van der Waals surface area contributed by atoms with Gasteiger partial charge in [0.2, 0.25) is 0 Å². The smallest absolute Gasteiger partial charge is 0.276 e. The quantitative estimate of drug-likeness (QED) is 0.773. The van der Waals surface area contributed by atoms with Crippen LogP contribution in [0.5, 0.6) is 0 Å². The first-order chi connectivity index (χ1) is 6.57. The molecule has 0 spiro atoms. The third-order valence-corrected chi connectivity index (χ3v) is 1.61. The van der Waals surface area contributed by atoms with Crippen LogP contribution in [-0.2, 0) is 6.42 Å². The molecule has 0 bridgehead atoms. The zero-order valence-corrected chi connectivity index (χ0v) is 6.77. The van der Waals surface area contributed by atoms with Crippen LogP contribution in [0.4, 0.5) is 17.6 Å². The third-order valence-electron chi connectivity index (χ3n) is 1.61. The van der Waals surface area contributed by atoms with Gasteiger partial charge in [0.25, 0.3) is 12.9 Å². The minimum atomic E-state index is -2.96. The summed E-state index contributed by atoms with van der Waals surface area (Å²) in [6, 6.07) is 1.53. The molecule has 14 heavy (non-hydrogen) atoms. The second kappa shape index (κ2) is 4.09. The summed E-state index contributed by atoms with van der Waals surface area (Å²) in [6.45, 7) is 0. The fourth-order valence-electron chi connectivity index (χ4n) is 1.02. The minimum absolute atomic E-state index is 0.405. The molecule has 0 saturated heterocycles. The molecule has 1 aromatic rings. The van der Waals surface area contributed by atoms with E-state index >= 15 is 0 Å². The largest absolute Gasteiger partial charge is 0.282 e. The lowest BCUT2D eigenvalue weighted by atomic mass is 10.1. The van der Waals surface area contributed by atoms with Crippen LogP contribution in [0.15, 0.2) is 0 Å². The summed E-state index contributed by atoms with van der Waals surface area (Å²) in [5.41, 5.74) is -1.89. The second-order valence-electron chi connectivity index (χ2n) is 2.44. The van der Waals surface area contributed by atoms with E-state index in [2.05, 4.69) is 5.10 Å². The SMILES string of the molecule is N#CCc1c(C(F)F)n[nH]c1C(F)F. The molecule has 0 unspecified atom stereocenters. The molecule has 0 aromatic carbocycles. The van der Waals surface area contributed by atoms with E-state index in [9.17, 15) is 17.6 Å². The van der Waals surface area contributed by atoms with Crippen molar-refractivity contribution in [3.8, 4) is 6.07 Å². The lowest BCUT2D eigenvalue weighted by molar-refractivity contribution is 0.142. The molecule has 1 N–H and O–H groups in total. The van der Waals surface area contributed by atoms with Gasteiger partial charge in [-0.25, -0.2) is 17.6 Å². The van der Waals surface area contributed by atoms with Crippen molar-refractivity contribution >= 4 is 0 Å². The maximum absolute atomic E-state index is 12.2. The van der Waals surface area contributed by atoms with Gasteiger partial charge in [-0.15, -0.1) is 0 Å². The van der Waals surface area contributed by atoms with Crippen LogP contribution in [0.3, 0.4) is 0 Å². The highest BCUT2D eigenvalue weighted by Crippen LogP contribution is 2.28. The third kappa shape index (κ3) is 1.84. The number of nitriles is 1. The van der Waals surface area contributed by atoms with Crippen LogP contribution in [0.2, 0.25) is 0 Å². The maximum Gasteiger partial charge on any atom is 0.282 e. The Morgan fingerprint density at radius 3 is 2.36 bits per heavy atom. The van der Waals surface area contributed by atoms with Gasteiger partial charge in [0, 0.05) is 5.56 Å². The predicted octanol–water partition coefficient (Wildman–Crippen LogP) is 2.35. The molecular weight excluding hydrogens is 202 g/mol. The van der Waals surface area contributed by atoms with Gasteiger partial charge >= 0.3 is 0 Å². The summed E-state index contributed by atoms with van der Waals surface area (Å²) < 4.78 is 48.8. The molecule has 0 aliphatic rings. The van der Waals surface area contributed by atoms with E-state index in [0.29, 0.717) is 0 Å². The average Bonchev–Trinajstić information content (AvgIpc) is 2.48. The average molecular weight is 207 g/mol. The molecule has 1 rings (SSSR count). The normalized spacial score (nSPS) is 10.9. The Hall–Kier alpha value is -1.58. The van der Waals surface area contributed by atoms with E-state index < -0.39 is 36.2 Å². The first-order valence-electron chi connectivity index (χ1n) is 3.58. The number of aromatic amines is 1. The van der Waals surface area contributed by atoms with Crippen molar-refractivity contribution in [2.45, 2.75) is 19.3 Å². The number of hydrogen-bond donors (Lipinski definition) is 1. The molecule has 0 fully saturated rings. The summed E-state index contributed by atoms with van der Waals surface area (Å²) in [5.74, 6) is 0. The van der Waals surface area contributed by atoms with Crippen molar-refractivity contribution in [2.24, 2.45) is 0 Å². The molecule has 0 aliphatic carbocycles. The molecule has 0 saturated carbocycles. The van der Waals surface area contributed by atoms with Crippen molar-refractivity contribution in [1.82, 2.24) is 10.2 Å². The molecule has 0 atom stereocenters. The van der Waals surface area contributed by atoms with Crippen LogP contribution in [0.25, 0.3) is 0 Å². The van der Waals surface area contributed by atoms with E-state index in [1.807, 2.05) is 5.10 Å². The lowest BCUT2D eigenvalue weighted by Crippen LogP contribution is -1.95. The van der Waals surface area contributed by atoms with Gasteiger partial charge in [0.1, 0.15) is 11.4 Å². The number of halogens is 4. The van der Waals surface area contributed by atoms with Crippen LogP contribution in [0, 0.1) is 11.3 Å². The van der Waals surface area contributed by atoms with Gasteiger partial charge in [-0.2, -0.15) is 10.4 Å². The molecule has 0 amide bonds. The molecule has 0 aliphatic heterocycles. The van der Waals surface area contributed by atoms with Crippen LogP contribution >= 0.6 is 0 Å². The Labute approximate surface area is 76.3 Å². The molecule has 1 aromatic heterocycles. The van der Waals surface area contributed by atoms with E-state index in [4.69, 9.17) is 5.26 Å². The Kier molecular flexibility index (Phi) is 3.06. The summed E-state index contributed by atoms with van der Waals surface area (Å²) >= 11 is 0. The molecule has 0 radical (unpaired) electrons. The second-order valence-corrected chi connectivity index (χ2v) is 2.44. The first kappa shape index (κ1) is 10.5. The number of nitrogens with one attached hydrogen (secondary N) is 1. The van der Waals surface area contributed by atoms with Gasteiger partial charge in [0.15, 0.2) is 0 Å². The summed E-state index contributed by atoms with van der Waals surface area (Å²) in [4.78, 5) is 0. The lowest BCUT2D eigenvalue weighted by Gasteiger charge is -1.99. The number of hydrogen-bond acceptors (Lipinski definition) is 2. The van der Waals surface area contributed by atoms with Crippen molar-refractivity contribution < 1.29 is 17.6 Å². The molecule has 7 heteroatoms. The molecular formula is C7H5F4N3. The highest BCUT2D eigenvalue weighted by molar-refractivity contribution is 5.29. The number of alkyl halides is 4. The van der Waals surface area contributed by atoms with E-state index in [1.54, 1.807) is 0 Å². The minimum Gasteiger partial charge on any atom is -0.276 e. The van der Waals surface area contributed by atoms with Crippen LogP contribution in [0.1, 0.15) is 29.8 Å². The Morgan fingerprint density at radius 1 is 1.29 bits per heavy atom. The Bertz CT molecular complexity index is 327. The van der Waals surface area contributed by atoms with Crippen LogP contribution < -0.4 is 0 Å². The number of H-pyrrole nitrogens is 1. The van der Waals surface area contributed by atoms with Crippen LogP contribution in [-0.4, -0.2) is 10.2 Å². The zero-order chi connectivity index (χ0) is 10.7. The molecule has 76 valence electrons. The molecule has 3 nitrogen and oxygen atoms in total. The number of rotatable bonds is 3. The van der Waals surface area contributed by atoms with E-state index in [1.165, 1.54) is 6.07 Å². The molecule has 1 heterocycles. The summed E-state index contributed by atoms with van der Waals surface area (Å²) in [6.07, 6.45) is -6.39. The van der Waals surface area contributed by atoms with Gasteiger partial charge in [-0.3, -0.25) is 5.10 Å². The van der Waals surface area contributed by atoms with Crippen molar-refractivity contribution in [1.29, 1.82) is 5.26 Å². The van der Waals surface area contributed by atoms with Crippen molar-refractivity contribution in [3.63, 3.8) is 0 Å². The van der Waals surface area contributed by atoms with Gasteiger partial charge < -0.3 is 0 Å². The number of nitrogens with zero attached hydrogens (tertiary/aromatic N) is 2. The fraction of sp³-hybridized carbons (Fsp3) is 0.429.